The molecule has 1 aliphatic carbocycles. The molecule has 3 aromatic rings. The highest BCUT2D eigenvalue weighted by molar-refractivity contribution is 6.11. The van der Waals surface area contributed by atoms with E-state index in [1.54, 1.807) is 12.4 Å². The molecule has 0 aliphatic heterocycles. The van der Waals surface area contributed by atoms with Gasteiger partial charge in [-0.3, -0.25) is 9.78 Å². The number of amides is 1. The molecular formula is C25H31N5O3. The molecule has 1 aliphatic rings. The molecule has 8 nitrogen and oxygen atoms in total. The first-order valence-electron chi connectivity index (χ1n) is 11.6. The first-order valence-corrected chi connectivity index (χ1v) is 11.6. The Balaban J connectivity index is 1.80. The number of methoxy groups -OCH3 is 1. The van der Waals surface area contributed by atoms with Gasteiger partial charge < -0.3 is 19.9 Å². The molecular weight excluding hydrogens is 418 g/mol. The lowest BCUT2D eigenvalue weighted by molar-refractivity contribution is -0.122. The number of carbonyl (C=O) groups excluding carboxylic acids is 2. The molecule has 3 aromatic heterocycles. The van der Waals surface area contributed by atoms with Crippen LogP contribution in [0.4, 0.5) is 11.4 Å². The third-order valence-electron chi connectivity index (χ3n) is 6.34. The number of anilines is 2. The number of pyridine rings is 2. The normalized spacial score (nSPS) is 14.5. The number of aryl methyl sites for hydroxylation is 2. The highest BCUT2D eigenvalue weighted by Gasteiger charge is 2.30. The summed E-state index contributed by atoms with van der Waals surface area (Å²) in [5, 5.41) is 7.19. The molecule has 0 aromatic carbocycles. The van der Waals surface area contributed by atoms with Gasteiger partial charge in [-0.05, 0) is 44.4 Å². The summed E-state index contributed by atoms with van der Waals surface area (Å²) >= 11 is 0. The number of aromatic nitrogens is 3. The number of hydrogen-bond acceptors (Lipinski definition) is 6. The number of fused-ring (bicyclic) bond motifs is 1. The fourth-order valence-electron chi connectivity index (χ4n) is 4.01. The minimum Gasteiger partial charge on any atom is -0.464 e. The smallest absolute Gasteiger partial charge is 0.356 e. The first kappa shape index (κ1) is 22.8. The van der Waals surface area contributed by atoms with Crippen LogP contribution in [0.25, 0.3) is 11.0 Å². The van der Waals surface area contributed by atoms with E-state index in [-0.39, 0.29) is 17.9 Å². The van der Waals surface area contributed by atoms with E-state index in [0.29, 0.717) is 30.0 Å². The summed E-state index contributed by atoms with van der Waals surface area (Å²) in [5.74, 6) is -0.582. The zero-order chi connectivity index (χ0) is 23.4. The van der Waals surface area contributed by atoms with Crippen molar-refractivity contribution in [1.29, 1.82) is 0 Å². The van der Waals surface area contributed by atoms with Crippen LogP contribution in [0.3, 0.4) is 0 Å². The Bertz CT molecular complexity index is 1140. The van der Waals surface area contributed by atoms with Crippen molar-refractivity contribution in [2.75, 3.05) is 17.7 Å². The van der Waals surface area contributed by atoms with Crippen LogP contribution in [0.15, 0.2) is 36.7 Å². The molecule has 8 heteroatoms. The van der Waals surface area contributed by atoms with Crippen LogP contribution in [0, 0.1) is 5.92 Å². The van der Waals surface area contributed by atoms with Gasteiger partial charge >= 0.3 is 5.97 Å². The molecule has 0 spiro atoms. The van der Waals surface area contributed by atoms with Gasteiger partial charge in [0, 0.05) is 42.2 Å². The quantitative estimate of drug-likeness (QED) is 0.470. The molecule has 0 saturated heterocycles. The number of nitrogens with one attached hydrogen (secondary N) is 2. The second kappa shape index (κ2) is 10.0. The molecule has 4 rings (SSSR count). The average molecular weight is 450 g/mol. The highest BCUT2D eigenvalue weighted by Crippen LogP contribution is 2.35. The van der Waals surface area contributed by atoms with E-state index in [1.165, 1.54) is 7.11 Å². The number of ether oxygens (including phenoxy) is 1. The molecule has 1 fully saturated rings. The van der Waals surface area contributed by atoms with E-state index in [9.17, 15) is 9.59 Å². The first-order chi connectivity index (χ1) is 16.0. The van der Waals surface area contributed by atoms with Crippen LogP contribution in [0.1, 0.15) is 55.7 Å². The fourth-order valence-corrected chi connectivity index (χ4v) is 4.01. The topological polar surface area (TPSA) is 98.1 Å². The fraction of sp³-hybridized carbons (Fsp3) is 0.440. The standard InChI is InChI=1S/C25H31N5O3/c1-4-16(2)28-19-14-20-21(29-24(31)17-8-7-9-17)22(25(32)33-3)30(23(20)27-15-19)13-11-18-10-5-6-12-26-18/h5-6,10,12,14-17,28H,4,7-9,11,13H2,1-3H3,(H,29,31). The Labute approximate surface area is 193 Å². The van der Waals surface area contributed by atoms with Gasteiger partial charge in [0.1, 0.15) is 5.65 Å². The van der Waals surface area contributed by atoms with Gasteiger partial charge in [0.15, 0.2) is 5.69 Å². The predicted molar refractivity (Wildman–Crippen MR) is 128 cm³/mol. The summed E-state index contributed by atoms with van der Waals surface area (Å²) in [6.45, 7) is 4.68. The summed E-state index contributed by atoms with van der Waals surface area (Å²) in [6, 6.07) is 7.98. The molecule has 3 heterocycles. The number of hydrogen-bond donors (Lipinski definition) is 2. The van der Waals surface area contributed by atoms with Crippen molar-refractivity contribution in [1.82, 2.24) is 14.5 Å². The van der Waals surface area contributed by atoms with E-state index in [1.807, 2.05) is 28.8 Å². The van der Waals surface area contributed by atoms with Crippen molar-refractivity contribution in [2.45, 2.75) is 58.5 Å². The van der Waals surface area contributed by atoms with Gasteiger partial charge in [-0.2, -0.15) is 0 Å². The van der Waals surface area contributed by atoms with Crippen molar-refractivity contribution in [2.24, 2.45) is 5.92 Å². The maximum absolute atomic E-state index is 12.9. The maximum Gasteiger partial charge on any atom is 0.356 e. The molecule has 1 unspecified atom stereocenters. The number of carbonyl (C=O) groups is 2. The predicted octanol–water partition coefficient (Wildman–Crippen LogP) is 4.41. The molecule has 1 atom stereocenters. The Kier molecular flexibility index (Phi) is 6.91. The zero-order valence-electron chi connectivity index (χ0n) is 19.4. The van der Waals surface area contributed by atoms with Gasteiger partial charge in [-0.1, -0.05) is 19.4 Å². The minimum atomic E-state index is -0.505. The lowest BCUT2D eigenvalue weighted by atomic mass is 9.85. The van der Waals surface area contributed by atoms with Gasteiger partial charge in [0.2, 0.25) is 5.91 Å². The van der Waals surface area contributed by atoms with Crippen LogP contribution >= 0.6 is 0 Å². The van der Waals surface area contributed by atoms with Gasteiger partial charge in [-0.25, -0.2) is 9.78 Å². The van der Waals surface area contributed by atoms with E-state index >= 15 is 0 Å². The lowest BCUT2D eigenvalue weighted by Gasteiger charge is -2.24. The molecule has 0 radical (unpaired) electrons. The number of esters is 1. The van der Waals surface area contributed by atoms with E-state index in [4.69, 9.17) is 4.74 Å². The van der Waals surface area contributed by atoms with Crippen molar-refractivity contribution in [3.63, 3.8) is 0 Å². The minimum absolute atomic E-state index is 0.0169. The van der Waals surface area contributed by atoms with Gasteiger partial charge in [0.05, 0.1) is 24.7 Å². The Morgan fingerprint density at radius 3 is 2.73 bits per heavy atom. The average Bonchev–Trinajstić information content (AvgIpc) is 3.09. The SMILES string of the molecule is CCC(C)Nc1cnc2c(c1)c(NC(=O)C1CCC1)c(C(=O)OC)n2CCc1ccccn1. The summed E-state index contributed by atoms with van der Waals surface area (Å²) in [6.07, 6.45) is 7.89. The summed E-state index contributed by atoms with van der Waals surface area (Å²) in [5.41, 5.74) is 3.16. The summed E-state index contributed by atoms with van der Waals surface area (Å²) in [4.78, 5) is 34.9. The third kappa shape index (κ3) is 4.84. The second-order valence-corrected chi connectivity index (χ2v) is 8.60. The van der Waals surface area contributed by atoms with Crippen molar-refractivity contribution in [3.8, 4) is 0 Å². The second-order valence-electron chi connectivity index (χ2n) is 8.60. The van der Waals surface area contributed by atoms with Crippen LogP contribution in [-0.2, 0) is 22.5 Å². The van der Waals surface area contributed by atoms with E-state index < -0.39 is 5.97 Å². The van der Waals surface area contributed by atoms with E-state index in [0.717, 1.165) is 42.5 Å². The van der Waals surface area contributed by atoms with Crippen molar-refractivity contribution < 1.29 is 14.3 Å². The van der Waals surface area contributed by atoms with Crippen LogP contribution in [0.2, 0.25) is 0 Å². The van der Waals surface area contributed by atoms with Gasteiger partial charge in [-0.15, -0.1) is 0 Å². The summed E-state index contributed by atoms with van der Waals surface area (Å²) < 4.78 is 6.96. The van der Waals surface area contributed by atoms with Crippen LogP contribution < -0.4 is 10.6 Å². The Morgan fingerprint density at radius 1 is 1.27 bits per heavy atom. The molecule has 174 valence electrons. The van der Waals surface area contributed by atoms with Crippen LogP contribution in [0.5, 0.6) is 0 Å². The lowest BCUT2D eigenvalue weighted by Crippen LogP contribution is -2.29. The number of nitrogens with zero attached hydrogens (tertiary/aromatic N) is 3. The monoisotopic (exact) mass is 449 g/mol. The molecule has 2 N–H and O–H groups in total. The Hall–Kier alpha value is -3.42. The molecule has 1 saturated carbocycles. The van der Waals surface area contributed by atoms with E-state index in [2.05, 4.69) is 34.4 Å². The maximum atomic E-state index is 12.9. The zero-order valence-corrected chi connectivity index (χ0v) is 19.4. The summed E-state index contributed by atoms with van der Waals surface area (Å²) in [7, 11) is 1.35. The number of rotatable bonds is 9. The van der Waals surface area contributed by atoms with Gasteiger partial charge in [0.25, 0.3) is 0 Å². The van der Waals surface area contributed by atoms with Crippen molar-refractivity contribution >= 4 is 34.3 Å². The Morgan fingerprint density at radius 2 is 2.09 bits per heavy atom. The highest BCUT2D eigenvalue weighted by atomic mass is 16.5. The molecule has 1 amide bonds. The largest absolute Gasteiger partial charge is 0.464 e. The molecule has 0 bridgehead atoms. The van der Waals surface area contributed by atoms with Crippen LogP contribution in [-0.4, -0.2) is 39.6 Å². The van der Waals surface area contributed by atoms with Crippen molar-refractivity contribution in [3.05, 3.63) is 48.0 Å². The molecule has 33 heavy (non-hydrogen) atoms. The third-order valence-corrected chi connectivity index (χ3v) is 6.34.